The van der Waals surface area contributed by atoms with Crippen molar-refractivity contribution in [3.63, 3.8) is 0 Å². The molecule has 1 atom stereocenters. The van der Waals surface area contributed by atoms with Gasteiger partial charge in [0.25, 0.3) is 5.09 Å². The van der Waals surface area contributed by atoms with Crippen molar-refractivity contribution in [1.82, 2.24) is 0 Å². The number of fused-ring (bicyclic) bond motifs is 1. The van der Waals surface area contributed by atoms with Crippen LogP contribution in [0.4, 0.5) is 18.0 Å². The van der Waals surface area contributed by atoms with E-state index in [1.165, 1.54) is 19.9 Å². The molecular formula is C19H19BrF3NO9. The summed E-state index contributed by atoms with van der Waals surface area (Å²) in [6.07, 6.45) is -7.80. The maximum absolute atomic E-state index is 13.5. The molecule has 14 heteroatoms. The second-order valence-corrected chi connectivity index (χ2v) is 8.59. The van der Waals surface area contributed by atoms with Crippen LogP contribution in [-0.4, -0.2) is 49.5 Å². The van der Waals surface area contributed by atoms with Crippen LogP contribution in [0.5, 0.6) is 5.75 Å². The molecule has 1 aromatic carbocycles. The van der Waals surface area contributed by atoms with Gasteiger partial charge in [-0.05, 0) is 30.7 Å². The summed E-state index contributed by atoms with van der Waals surface area (Å²) in [5.41, 5.74) is -1.11. The average molecular weight is 542 g/mol. The quantitative estimate of drug-likeness (QED) is 0.204. The molecule has 0 aromatic heterocycles. The first kappa shape index (κ1) is 26.2. The van der Waals surface area contributed by atoms with Gasteiger partial charge in [0, 0.05) is 15.5 Å². The third-order valence-corrected chi connectivity index (χ3v) is 4.60. The van der Waals surface area contributed by atoms with Crippen LogP contribution in [0.2, 0.25) is 0 Å². The minimum absolute atomic E-state index is 0.0272. The lowest BCUT2D eigenvalue weighted by Crippen LogP contribution is -2.41. The average Bonchev–Trinajstić information content (AvgIpc) is 2.69. The van der Waals surface area contributed by atoms with Crippen LogP contribution in [0.25, 0.3) is 6.08 Å². The molecule has 182 valence electrons. The van der Waals surface area contributed by atoms with E-state index in [2.05, 4.69) is 30.2 Å². The molecule has 2 rings (SSSR count). The van der Waals surface area contributed by atoms with Gasteiger partial charge in [-0.25, -0.2) is 9.59 Å². The summed E-state index contributed by atoms with van der Waals surface area (Å²) in [4.78, 5) is 38.3. The number of hydrogen-bond donors (Lipinski definition) is 0. The number of hydrogen-bond acceptors (Lipinski definition) is 9. The summed E-state index contributed by atoms with van der Waals surface area (Å²) in [6, 6.07) is 3.04. The Bertz CT molecular complexity index is 963. The fraction of sp³-hybridized carbons (Fsp3) is 0.474. The van der Waals surface area contributed by atoms with E-state index in [9.17, 15) is 32.9 Å². The number of ether oxygens (including phenoxy) is 4. The van der Waals surface area contributed by atoms with Gasteiger partial charge in [-0.3, -0.25) is 0 Å². The van der Waals surface area contributed by atoms with Gasteiger partial charge in [-0.2, -0.15) is 13.2 Å². The highest BCUT2D eigenvalue weighted by molar-refractivity contribution is 9.10. The molecule has 10 nitrogen and oxygen atoms in total. The van der Waals surface area contributed by atoms with Crippen molar-refractivity contribution in [3.05, 3.63) is 43.4 Å². The van der Waals surface area contributed by atoms with E-state index in [0.29, 0.717) is 10.0 Å². The molecular weight excluding hydrogens is 523 g/mol. The Morgan fingerprint density at radius 2 is 1.85 bits per heavy atom. The van der Waals surface area contributed by atoms with Crippen molar-refractivity contribution in [2.45, 2.75) is 33.1 Å². The normalized spacial score (nSPS) is 15.5. The molecule has 0 saturated carbocycles. The molecule has 0 radical (unpaired) electrons. The summed E-state index contributed by atoms with van der Waals surface area (Å²) in [6.45, 7) is 2.83. The van der Waals surface area contributed by atoms with Crippen molar-refractivity contribution in [2.75, 3.05) is 20.0 Å². The predicted octanol–water partition coefficient (Wildman–Crippen LogP) is 4.35. The standard InChI is InChI=1S/C19H19BrF3NO9/c1-10-4-12(20)5-11-6-13(15(19(21,22)23)33-14(10)11)16(25)30-9-31-17(26)29-7-18(2,3)8-32-24(27)28/h4-6,15H,7-9H2,1-3H3/t15-/m0/s1. The number of halogens is 4. The van der Waals surface area contributed by atoms with Gasteiger partial charge in [0.15, 0.2) is 0 Å². The van der Waals surface area contributed by atoms with E-state index in [-0.39, 0.29) is 24.5 Å². The number of carbonyl (C=O) groups is 2. The lowest BCUT2D eigenvalue weighted by Gasteiger charge is -2.29. The molecule has 0 amide bonds. The Morgan fingerprint density at radius 3 is 2.45 bits per heavy atom. The topological polar surface area (TPSA) is 123 Å². The second-order valence-electron chi connectivity index (χ2n) is 7.67. The van der Waals surface area contributed by atoms with E-state index in [1.807, 2.05) is 0 Å². The SMILES string of the molecule is Cc1cc(Br)cc2c1O[C@H](C(F)(F)F)C(C(=O)OCOC(=O)OCC(C)(C)CO[N+](=O)[O-])=C2. The van der Waals surface area contributed by atoms with Gasteiger partial charge in [0.1, 0.15) is 19.0 Å². The Morgan fingerprint density at radius 1 is 1.18 bits per heavy atom. The van der Waals surface area contributed by atoms with Gasteiger partial charge >= 0.3 is 18.3 Å². The third-order valence-electron chi connectivity index (χ3n) is 4.14. The number of esters is 1. The fourth-order valence-corrected chi connectivity index (χ4v) is 3.23. The summed E-state index contributed by atoms with van der Waals surface area (Å²) in [5.74, 6) is -1.44. The number of alkyl halides is 3. The molecule has 1 aliphatic heterocycles. The van der Waals surface area contributed by atoms with Gasteiger partial charge in [-0.15, -0.1) is 10.1 Å². The zero-order valence-corrected chi connectivity index (χ0v) is 19.2. The lowest BCUT2D eigenvalue weighted by molar-refractivity contribution is -0.760. The number of carbonyl (C=O) groups excluding carboxylic acids is 2. The largest absolute Gasteiger partial charge is 0.511 e. The Balaban J connectivity index is 1.99. The van der Waals surface area contributed by atoms with Crippen LogP contribution in [0.1, 0.15) is 25.0 Å². The first-order chi connectivity index (χ1) is 15.2. The van der Waals surface area contributed by atoms with Gasteiger partial charge < -0.3 is 23.8 Å². The van der Waals surface area contributed by atoms with Gasteiger partial charge in [-0.1, -0.05) is 29.8 Å². The first-order valence-electron chi connectivity index (χ1n) is 9.19. The van der Waals surface area contributed by atoms with Crippen LogP contribution >= 0.6 is 15.9 Å². The minimum Gasteiger partial charge on any atom is -0.475 e. The maximum Gasteiger partial charge on any atom is 0.511 e. The Hall–Kier alpha value is -3.03. The summed E-state index contributed by atoms with van der Waals surface area (Å²) < 4.78 is 60.0. The van der Waals surface area contributed by atoms with Gasteiger partial charge in [0.05, 0.1) is 5.57 Å². The van der Waals surface area contributed by atoms with E-state index >= 15 is 0 Å². The second kappa shape index (κ2) is 10.3. The van der Waals surface area contributed by atoms with E-state index in [1.54, 1.807) is 13.0 Å². The molecule has 0 aliphatic carbocycles. The molecule has 0 spiro atoms. The van der Waals surface area contributed by atoms with Crippen molar-refractivity contribution < 1.29 is 51.6 Å². The lowest BCUT2D eigenvalue weighted by atomic mass is 9.97. The van der Waals surface area contributed by atoms with Gasteiger partial charge in [0.2, 0.25) is 12.9 Å². The maximum atomic E-state index is 13.5. The molecule has 33 heavy (non-hydrogen) atoms. The zero-order valence-electron chi connectivity index (χ0n) is 17.6. The van der Waals surface area contributed by atoms with E-state index in [4.69, 9.17) is 9.47 Å². The van der Waals surface area contributed by atoms with Crippen molar-refractivity contribution in [2.24, 2.45) is 5.41 Å². The highest BCUT2D eigenvalue weighted by atomic mass is 79.9. The molecule has 0 saturated heterocycles. The van der Waals surface area contributed by atoms with Crippen molar-refractivity contribution in [3.8, 4) is 5.75 Å². The smallest absolute Gasteiger partial charge is 0.475 e. The zero-order chi connectivity index (χ0) is 25.0. The molecule has 1 aromatic rings. The minimum atomic E-state index is -4.92. The molecule has 1 aliphatic rings. The van der Waals surface area contributed by atoms with Crippen LogP contribution in [0.15, 0.2) is 22.2 Å². The van der Waals surface area contributed by atoms with Crippen LogP contribution in [0, 0.1) is 22.5 Å². The number of nitrogens with zero attached hydrogens (tertiary/aromatic N) is 1. The molecule has 0 unspecified atom stereocenters. The first-order valence-corrected chi connectivity index (χ1v) is 9.98. The number of benzene rings is 1. The molecule has 0 bridgehead atoms. The van der Waals surface area contributed by atoms with Crippen LogP contribution < -0.4 is 4.74 Å². The van der Waals surface area contributed by atoms with Crippen LogP contribution in [-0.2, 0) is 23.8 Å². The Kier molecular flexibility index (Phi) is 8.16. The summed E-state index contributed by atoms with van der Waals surface area (Å²) >= 11 is 3.22. The monoisotopic (exact) mass is 541 g/mol. The molecule has 1 heterocycles. The van der Waals surface area contributed by atoms with Crippen molar-refractivity contribution in [1.29, 1.82) is 0 Å². The fourth-order valence-electron chi connectivity index (χ4n) is 2.64. The summed E-state index contributed by atoms with van der Waals surface area (Å²) in [7, 11) is 0. The molecule has 0 fully saturated rings. The third kappa shape index (κ3) is 7.51. The van der Waals surface area contributed by atoms with Crippen molar-refractivity contribution >= 4 is 34.1 Å². The highest BCUT2D eigenvalue weighted by Gasteiger charge is 2.49. The number of aryl methyl sites for hydroxylation is 1. The van der Waals surface area contributed by atoms with E-state index in [0.717, 1.165) is 6.08 Å². The van der Waals surface area contributed by atoms with E-state index < -0.39 is 47.3 Å². The summed E-state index contributed by atoms with van der Waals surface area (Å²) in [5, 5.41) is 9.22. The number of rotatable bonds is 8. The highest BCUT2D eigenvalue weighted by Crippen LogP contribution is 2.40. The molecule has 0 N–H and O–H groups in total. The predicted molar refractivity (Wildman–Crippen MR) is 107 cm³/mol. The van der Waals surface area contributed by atoms with Crippen LogP contribution in [0.3, 0.4) is 0 Å². The Labute approximate surface area is 193 Å².